The van der Waals surface area contributed by atoms with E-state index in [4.69, 9.17) is 23.2 Å². The molecule has 0 fully saturated rings. The highest BCUT2D eigenvalue weighted by Crippen LogP contribution is 2.47. The van der Waals surface area contributed by atoms with E-state index in [-0.39, 0.29) is 11.9 Å². The molecule has 0 bridgehead atoms. The van der Waals surface area contributed by atoms with Crippen LogP contribution in [-0.2, 0) is 6.54 Å². The fraction of sp³-hybridized carbons (Fsp3) is 0.0741. The molecule has 0 radical (unpaired) electrons. The number of hydrogen-bond acceptors (Lipinski definition) is 2. The molecule has 0 spiro atoms. The number of thiophene rings is 1. The van der Waals surface area contributed by atoms with Crippen molar-refractivity contribution in [1.29, 1.82) is 0 Å². The van der Waals surface area contributed by atoms with E-state index in [1.54, 1.807) is 17.4 Å². The molecule has 162 valence electrons. The average molecular weight is 489 g/mol. The first-order valence-corrected chi connectivity index (χ1v) is 12.2. The summed E-state index contributed by atoms with van der Waals surface area (Å²) in [5, 5.41) is 4.27. The van der Waals surface area contributed by atoms with Gasteiger partial charge in [0.15, 0.2) is 0 Å². The molecule has 1 amide bonds. The number of carbonyl (C=O) groups is 1. The van der Waals surface area contributed by atoms with Crippen molar-refractivity contribution in [2.75, 3.05) is 0 Å². The molecular weight excluding hydrogens is 471 g/mol. The number of nitrogens with zero attached hydrogens (tertiary/aromatic N) is 1. The molecule has 1 aliphatic heterocycles. The van der Waals surface area contributed by atoms with E-state index in [0.29, 0.717) is 16.6 Å². The summed E-state index contributed by atoms with van der Waals surface area (Å²) in [7, 11) is 0. The van der Waals surface area contributed by atoms with Gasteiger partial charge < -0.3 is 9.88 Å². The maximum Gasteiger partial charge on any atom is 0.255 e. The molecule has 6 rings (SSSR count). The van der Waals surface area contributed by atoms with E-state index < -0.39 is 0 Å². The lowest BCUT2D eigenvalue weighted by atomic mass is 9.93. The number of halogens is 2. The molecule has 2 aromatic heterocycles. The van der Waals surface area contributed by atoms with Crippen LogP contribution in [-0.4, -0.2) is 15.8 Å². The second-order valence-corrected chi connectivity index (χ2v) is 9.96. The van der Waals surface area contributed by atoms with Gasteiger partial charge in [-0.25, -0.2) is 0 Å². The molecule has 0 saturated heterocycles. The second kappa shape index (κ2) is 8.07. The summed E-state index contributed by atoms with van der Waals surface area (Å²) in [5.41, 5.74) is 5.57. The monoisotopic (exact) mass is 488 g/mol. The minimum absolute atomic E-state index is 0.0439. The third-order valence-corrected chi connectivity index (χ3v) is 7.59. The van der Waals surface area contributed by atoms with Crippen LogP contribution >= 0.6 is 34.5 Å². The standard InChI is InChI=1S/C27H18Cl2N2OS/c28-16-11-12-20(22(29)14-16)25-24(21-9-3-4-10-23(21)30-25)26-18-7-1-2-8-19(18)27(32)31(26)15-17-6-5-13-33-17/h1-14,26,30H,15H2/t26-/m1/s1. The van der Waals surface area contributed by atoms with E-state index in [2.05, 4.69) is 29.2 Å². The molecule has 0 unspecified atom stereocenters. The molecule has 33 heavy (non-hydrogen) atoms. The number of aromatic nitrogens is 1. The van der Waals surface area contributed by atoms with Gasteiger partial charge in [-0.05, 0) is 47.3 Å². The van der Waals surface area contributed by atoms with Gasteiger partial charge in [0.1, 0.15) is 0 Å². The Kier molecular flexibility index (Phi) is 5.02. The maximum atomic E-state index is 13.6. The van der Waals surface area contributed by atoms with Crippen molar-refractivity contribution in [1.82, 2.24) is 9.88 Å². The fourth-order valence-corrected chi connectivity index (χ4v) is 5.97. The molecule has 1 aliphatic rings. The number of benzene rings is 3. The zero-order valence-corrected chi connectivity index (χ0v) is 19.7. The highest BCUT2D eigenvalue weighted by atomic mass is 35.5. The van der Waals surface area contributed by atoms with Crippen molar-refractivity contribution in [2.24, 2.45) is 0 Å². The Hall–Kier alpha value is -3.05. The van der Waals surface area contributed by atoms with Crippen molar-refractivity contribution >= 4 is 51.3 Å². The number of carbonyl (C=O) groups excluding carboxylic acids is 1. The number of fused-ring (bicyclic) bond motifs is 2. The maximum absolute atomic E-state index is 13.6. The summed E-state index contributed by atoms with van der Waals surface area (Å²) in [6.45, 7) is 0.545. The first kappa shape index (κ1) is 20.5. The van der Waals surface area contributed by atoms with Crippen LogP contribution in [0.1, 0.15) is 32.4 Å². The summed E-state index contributed by atoms with van der Waals surface area (Å²) in [5.74, 6) is 0.0439. The van der Waals surface area contributed by atoms with Gasteiger partial charge in [-0.1, -0.05) is 65.7 Å². The van der Waals surface area contributed by atoms with E-state index in [1.807, 2.05) is 58.8 Å². The van der Waals surface area contributed by atoms with Gasteiger partial charge in [0.05, 0.1) is 23.3 Å². The lowest BCUT2D eigenvalue weighted by molar-refractivity contribution is 0.0739. The van der Waals surface area contributed by atoms with Gasteiger partial charge >= 0.3 is 0 Å². The third kappa shape index (κ3) is 3.37. The Balaban J connectivity index is 1.63. The lowest BCUT2D eigenvalue weighted by Crippen LogP contribution is -2.28. The Morgan fingerprint density at radius 3 is 2.55 bits per heavy atom. The van der Waals surface area contributed by atoms with Crippen LogP contribution in [0.2, 0.25) is 10.0 Å². The highest BCUT2D eigenvalue weighted by molar-refractivity contribution is 7.09. The molecule has 5 aromatic rings. The second-order valence-electron chi connectivity index (χ2n) is 8.09. The van der Waals surface area contributed by atoms with Gasteiger partial charge in [-0.15, -0.1) is 11.3 Å². The number of para-hydroxylation sites is 1. The van der Waals surface area contributed by atoms with Gasteiger partial charge in [0.25, 0.3) is 5.91 Å². The smallest absolute Gasteiger partial charge is 0.255 e. The van der Waals surface area contributed by atoms with Gasteiger partial charge in [0, 0.05) is 37.5 Å². The highest BCUT2D eigenvalue weighted by Gasteiger charge is 2.40. The zero-order chi connectivity index (χ0) is 22.5. The normalized spacial score (nSPS) is 15.4. The Morgan fingerprint density at radius 2 is 1.73 bits per heavy atom. The van der Waals surface area contributed by atoms with Gasteiger partial charge in [0.2, 0.25) is 0 Å². The van der Waals surface area contributed by atoms with Crippen molar-refractivity contribution in [3.63, 3.8) is 0 Å². The van der Waals surface area contributed by atoms with Crippen LogP contribution in [0.25, 0.3) is 22.2 Å². The SMILES string of the molecule is O=C1c2ccccc2[C@H](c2c(-c3ccc(Cl)cc3Cl)[nH]c3ccccc23)N1Cc1cccs1. The number of nitrogens with one attached hydrogen (secondary N) is 1. The number of amides is 1. The van der Waals surface area contributed by atoms with Crippen LogP contribution < -0.4 is 0 Å². The summed E-state index contributed by atoms with van der Waals surface area (Å²) < 4.78 is 0. The summed E-state index contributed by atoms with van der Waals surface area (Å²) in [6, 6.07) is 25.5. The number of aromatic amines is 1. The Labute approximate surface area is 205 Å². The topological polar surface area (TPSA) is 36.1 Å². The molecule has 1 atom stereocenters. The molecule has 0 aliphatic carbocycles. The quantitative estimate of drug-likeness (QED) is 0.273. The van der Waals surface area contributed by atoms with Crippen molar-refractivity contribution < 1.29 is 4.79 Å². The fourth-order valence-electron chi connectivity index (χ4n) is 4.77. The molecule has 3 aromatic carbocycles. The third-order valence-electron chi connectivity index (χ3n) is 6.18. The van der Waals surface area contributed by atoms with Crippen molar-refractivity contribution in [3.8, 4) is 11.3 Å². The number of rotatable bonds is 4. The van der Waals surface area contributed by atoms with E-state index >= 15 is 0 Å². The minimum Gasteiger partial charge on any atom is -0.354 e. The van der Waals surface area contributed by atoms with Gasteiger partial charge in [-0.2, -0.15) is 0 Å². The first-order valence-electron chi connectivity index (χ1n) is 10.6. The molecule has 0 saturated carbocycles. The Morgan fingerprint density at radius 1 is 0.909 bits per heavy atom. The van der Waals surface area contributed by atoms with Crippen LogP contribution in [0.15, 0.2) is 84.2 Å². The van der Waals surface area contributed by atoms with Crippen molar-refractivity contribution in [2.45, 2.75) is 12.6 Å². The largest absolute Gasteiger partial charge is 0.354 e. The average Bonchev–Trinajstić information content (AvgIpc) is 3.52. The molecule has 6 heteroatoms. The van der Waals surface area contributed by atoms with E-state index in [9.17, 15) is 4.79 Å². The zero-order valence-electron chi connectivity index (χ0n) is 17.4. The van der Waals surface area contributed by atoms with Crippen LogP contribution in [0.5, 0.6) is 0 Å². The molecule has 3 heterocycles. The van der Waals surface area contributed by atoms with Crippen LogP contribution in [0.4, 0.5) is 0 Å². The Bertz CT molecular complexity index is 1510. The predicted octanol–water partition coefficient (Wildman–Crippen LogP) is 7.95. The number of hydrogen-bond donors (Lipinski definition) is 1. The molecule has 3 nitrogen and oxygen atoms in total. The van der Waals surface area contributed by atoms with E-state index in [0.717, 1.165) is 43.7 Å². The van der Waals surface area contributed by atoms with Gasteiger partial charge in [-0.3, -0.25) is 4.79 Å². The summed E-state index contributed by atoms with van der Waals surface area (Å²) in [6.07, 6.45) is 0. The predicted molar refractivity (Wildman–Crippen MR) is 136 cm³/mol. The van der Waals surface area contributed by atoms with E-state index in [1.165, 1.54) is 0 Å². The number of H-pyrrole nitrogens is 1. The summed E-state index contributed by atoms with van der Waals surface area (Å²) in [4.78, 5) is 20.3. The molecule has 1 N–H and O–H groups in total. The lowest BCUT2D eigenvalue weighted by Gasteiger charge is -2.26. The minimum atomic E-state index is -0.242. The van der Waals surface area contributed by atoms with Crippen LogP contribution in [0, 0.1) is 0 Å². The van der Waals surface area contributed by atoms with Crippen molar-refractivity contribution in [3.05, 3.63) is 116 Å². The molecular formula is C27H18Cl2N2OS. The summed E-state index contributed by atoms with van der Waals surface area (Å²) >= 11 is 14.5. The van der Waals surface area contributed by atoms with Crippen LogP contribution in [0.3, 0.4) is 0 Å². The first-order chi connectivity index (χ1) is 16.1.